The van der Waals surface area contributed by atoms with Crippen molar-refractivity contribution in [3.8, 4) is 5.75 Å². The van der Waals surface area contributed by atoms with E-state index in [1.165, 1.54) is 0 Å². The number of rotatable bonds is 2. The highest BCUT2D eigenvalue weighted by molar-refractivity contribution is 5.91. The molecule has 0 spiro atoms. The average Bonchev–Trinajstić information content (AvgIpc) is 2.26. The number of nitrogens with zero attached hydrogens (tertiary/aromatic N) is 1. The molecule has 0 saturated heterocycles. The van der Waals surface area contributed by atoms with Gasteiger partial charge >= 0.3 is 6.03 Å². The van der Waals surface area contributed by atoms with Gasteiger partial charge < -0.3 is 10.1 Å². The molecule has 1 rings (SSSR count). The normalized spacial score (nSPS) is 10.9. The molecule has 2 amide bonds. The lowest BCUT2D eigenvalue weighted by Crippen LogP contribution is -2.47. The summed E-state index contributed by atoms with van der Waals surface area (Å²) >= 11 is 0. The van der Waals surface area contributed by atoms with Crippen molar-refractivity contribution in [1.29, 1.82) is 0 Å². The number of benzene rings is 1. The highest BCUT2D eigenvalue weighted by atomic mass is 16.5. The molecular weight excluding hydrogens is 216 g/mol. The van der Waals surface area contributed by atoms with E-state index in [0.717, 1.165) is 11.4 Å². The third-order valence-electron chi connectivity index (χ3n) is 2.25. The van der Waals surface area contributed by atoms with Crippen LogP contribution in [0.25, 0.3) is 0 Å². The molecule has 0 radical (unpaired) electrons. The van der Waals surface area contributed by atoms with E-state index in [9.17, 15) is 4.79 Å². The van der Waals surface area contributed by atoms with E-state index < -0.39 is 0 Å². The summed E-state index contributed by atoms with van der Waals surface area (Å²) in [6.45, 7) is 5.85. The summed E-state index contributed by atoms with van der Waals surface area (Å²) in [4.78, 5) is 13.5. The minimum atomic E-state index is -0.238. The lowest BCUT2D eigenvalue weighted by Gasteiger charge is -2.25. The Kier molecular flexibility index (Phi) is 3.99. The Morgan fingerprint density at radius 1 is 1.24 bits per heavy atom. The quantitative estimate of drug-likeness (QED) is 0.857. The lowest BCUT2D eigenvalue weighted by atomic mass is 10.1. The van der Waals surface area contributed by atoms with Crippen molar-refractivity contribution >= 4 is 11.7 Å². The number of nitrogens with one attached hydrogen (secondary N) is 1. The van der Waals surface area contributed by atoms with E-state index in [0.29, 0.717) is 0 Å². The maximum absolute atomic E-state index is 11.9. The summed E-state index contributed by atoms with van der Waals surface area (Å²) in [6.07, 6.45) is 0. The van der Waals surface area contributed by atoms with Gasteiger partial charge in [-0.1, -0.05) is 0 Å². The molecule has 0 bridgehead atoms. The van der Waals surface area contributed by atoms with Crippen LogP contribution in [0.3, 0.4) is 0 Å². The van der Waals surface area contributed by atoms with Crippen molar-refractivity contribution in [2.75, 3.05) is 19.1 Å². The van der Waals surface area contributed by atoms with Crippen LogP contribution in [0.1, 0.15) is 20.8 Å². The third kappa shape index (κ3) is 3.98. The van der Waals surface area contributed by atoms with Crippen LogP contribution in [0.2, 0.25) is 0 Å². The summed E-state index contributed by atoms with van der Waals surface area (Å²) < 4.78 is 5.07. The Bertz CT molecular complexity index is 379. The fraction of sp³-hybridized carbons (Fsp3) is 0.462. The molecule has 0 unspecified atom stereocenters. The average molecular weight is 236 g/mol. The summed E-state index contributed by atoms with van der Waals surface area (Å²) in [5.74, 6) is 0.776. The van der Waals surface area contributed by atoms with E-state index in [-0.39, 0.29) is 11.6 Å². The monoisotopic (exact) mass is 236 g/mol. The zero-order valence-corrected chi connectivity index (χ0v) is 11.1. The van der Waals surface area contributed by atoms with Crippen molar-refractivity contribution in [1.82, 2.24) is 5.32 Å². The largest absolute Gasteiger partial charge is 0.497 e. The number of urea groups is 1. The maximum atomic E-state index is 11.9. The first-order valence-corrected chi connectivity index (χ1v) is 5.53. The van der Waals surface area contributed by atoms with Crippen LogP contribution in [0.5, 0.6) is 5.75 Å². The summed E-state index contributed by atoms with van der Waals surface area (Å²) in [5.41, 5.74) is 0.588. The van der Waals surface area contributed by atoms with Crippen LogP contribution in [0.15, 0.2) is 24.3 Å². The molecule has 0 aromatic heterocycles. The molecule has 0 aliphatic rings. The van der Waals surface area contributed by atoms with Crippen molar-refractivity contribution in [3.63, 3.8) is 0 Å². The Morgan fingerprint density at radius 2 is 1.76 bits per heavy atom. The maximum Gasteiger partial charge on any atom is 0.322 e. The van der Waals surface area contributed by atoms with Gasteiger partial charge in [0.2, 0.25) is 0 Å². The van der Waals surface area contributed by atoms with Gasteiger partial charge in [-0.25, -0.2) is 4.79 Å². The van der Waals surface area contributed by atoms with Gasteiger partial charge in [0.05, 0.1) is 7.11 Å². The predicted octanol–water partition coefficient (Wildman–Crippen LogP) is 2.64. The lowest BCUT2D eigenvalue weighted by molar-refractivity contribution is 0.239. The molecule has 0 heterocycles. The van der Waals surface area contributed by atoms with E-state index >= 15 is 0 Å². The van der Waals surface area contributed by atoms with Gasteiger partial charge in [-0.2, -0.15) is 0 Å². The van der Waals surface area contributed by atoms with E-state index in [1.54, 1.807) is 19.1 Å². The van der Waals surface area contributed by atoms with Crippen molar-refractivity contribution < 1.29 is 9.53 Å². The van der Waals surface area contributed by atoms with Crippen LogP contribution in [0, 0.1) is 0 Å². The number of carbonyl (C=O) groups excluding carboxylic acids is 1. The molecule has 1 aromatic rings. The van der Waals surface area contributed by atoms with Crippen LogP contribution < -0.4 is 15.0 Å². The summed E-state index contributed by atoms with van der Waals surface area (Å²) in [5, 5.41) is 2.90. The molecule has 17 heavy (non-hydrogen) atoms. The molecule has 0 aliphatic heterocycles. The van der Waals surface area contributed by atoms with Gasteiger partial charge in [0, 0.05) is 18.3 Å². The first-order chi connectivity index (χ1) is 7.83. The van der Waals surface area contributed by atoms with Gasteiger partial charge in [-0.05, 0) is 45.0 Å². The van der Waals surface area contributed by atoms with Gasteiger partial charge in [0.15, 0.2) is 0 Å². The SMILES string of the molecule is COc1ccc(N(C)C(=O)NC(C)(C)C)cc1. The third-order valence-corrected chi connectivity index (χ3v) is 2.25. The smallest absolute Gasteiger partial charge is 0.322 e. The number of ether oxygens (including phenoxy) is 1. The highest BCUT2D eigenvalue weighted by Crippen LogP contribution is 2.18. The molecule has 0 saturated carbocycles. The Morgan fingerprint density at radius 3 is 2.18 bits per heavy atom. The van der Waals surface area contributed by atoms with Gasteiger partial charge in [-0.15, -0.1) is 0 Å². The molecule has 4 nitrogen and oxygen atoms in total. The number of hydrogen-bond acceptors (Lipinski definition) is 2. The first-order valence-electron chi connectivity index (χ1n) is 5.53. The standard InChI is InChI=1S/C13H20N2O2/c1-13(2,3)14-12(16)15(4)10-6-8-11(17-5)9-7-10/h6-9H,1-5H3,(H,14,16). The van der Waals surface area contributed by atoms with Crippen molar-refractivity contribution in [2.45, 2.75) is 26.3 Å². The zero-order chi connectivity index (χ0) is 13.1. The molecule has 1 aromatic carbocycles. The number of hydrogen-bond donors (Lipinski definition) is 1. The second kappa shape index (κ2) is 5.08. The van der Waals surface area contributed by atoms with Crippen molar-refractivity contribution in [3.05, 3.63) is 24.3 Å². The highest BCUT2D eigenvalue weighted by Gasteiger charge is 2.17. The van der Waals surface area contributed by atoms with Gasteiger partial charge in [0.25, 0.3) is 0 Å². The zero-order valence-electron chi connectivity index (χ0n) is 11.1. The topological polar surface area (TPSA) is 41.6 Å². The van der Waals surface area contributed by atoms with Crippen LogP contribution >= 0.6 is 0 Å². The molecular formula is C13H20N2O2. The van der Waals surface area contributed by atoms with Crippen LogP contribution in [0.4, 0.5) is 10.5 Å². The predicted molar refractivity (Wildman–Crippen MR) is 69.7 cm³/mol. The molecule has 1 N–H and O–H groups in total. The minimum Gasteiger partial charge on any atom is -0.497 e. The second-order valence-corrected chi connectivity index (χ2v) is 4.94. The van der Waals surface area contributed by atoms with E-state index in [1.807, 2.05) is 45.0 Å². The molecule has 4 heteroatoms. The Balaban J connectivity index is 2.74. The first kappa shape index (κ1) is 13.4. The van der Waals surface area contributed by atoms with E-state index in [4.69, 9.17) is 4.74 Å². The second-order valence-electron chi connectivity index (χ2n) is 4.94. The van der Waals surface area contributed by atoms with Crippen molar-refractivity contribution in [2.24, 2.45) is 0 Å². The van der Waals surface area contributed by atoms with Gasteiger partial charge in [-0.3, -0.25) is 4.90 Å². The molecule has 0 atom stereocenters. The summed E-state index contributed by atoms with van der Waals surface area (Å²) in [6, 6.07) is 7.23. The minimum absolute atomic E-state index is 0.123. The van der Waals surface area contributed by atoms with Crippen LogP contribution in [-0.2, 0) is 0 Å². The number of carbonyl (C=O) groups is 1. The van der Waals surface area contributed by atoms with Gasteiger partial charge in [0.1, 0.15) is 5.75 Å². The molecule has 0 aliphatic carbocycles. The number of anilines is 1. The fourth-order valence-electron chi connectivity index (χ4n) is 1.33. The summed E-state index contributed by atoms with van der Waals surface area (Å²) in [7, 11) is 3.36. The molecule has 94 valence electrons. The number of amides is 2. The molecule has 0 fully saturated rings. The number of methoxy groups -OCH3 is 1. The van der Waals surface area contributed by atoms with Crippen LogP contribution in [-0.4, -0.2) is 25.7 Å². The fourth-order valence-corrected chi connectivity index (χ4v) is 1.33. The van der Waals surface area contributed by atoms with E-state index in [2.05, 4.69) is 5.32 Å². The Hall–Kier alpha value is -1.71. The Labute approximate surface area is 103 Å².